The fourth-order valence-electron chi connectivity index (χ4n) is 3.41. The molecule has 0 aliphatic rings. The molecule has 1 aromatic heterocycles. The summed E-state index contributed by atoms with van der Waals surface area (Å²) in [6.45, 7) is -0.237. The molecule has 0 saturated heterocycles. The summed E-state index contributed by atoms with van der Waals surface area (Å²) < 4.78 is 46.1. The summed E-state index contributed by atoms with van der Waals surface area (Å²) in [5.74, 6) is -0.380. The number of fused-ring (bicyclic) bond motifs is 1. The molecule has 0 aliphatic carbocycles. The van der Waals surface area contributed by atoms with Crippen molar-refractivity contribution in [2.45, 2.75) is 16.3 Å². The largest absolute Gasteiger partial charge is 0.497 e. The van der Waals surface area contributed by atoms with Crippen molar-refractivity contribution in [3.05, 3.63) is 95.0 Å². The third-order valence-electron chi connectivity index (χ3n) is 5.06. The van der Waals surface area contributed by atoms with Gasteiger partial charge in [0.25, 0.3) is 0 Å². The quantitative estimate of drug-likeness (QED) is 0.438. The number of pyridine rings is 1. The highest BCUT2D eigenvalue weighted by Gasteiger charge is 2.24. The van der Waals surface area contributed by atoms with Crippen LogP contribution in [-0.2, 0) is 21.2 Å². The van der Waals surface area contributed by atoms with Gasteiger partial charge in [0.1, 0.15) is 23.0 Å². The van der Waals surface area contributed by atoms with Gasteiger partial charge in [-0.05, 0) is 60.7 Å². The van der Waals surface area contributed by atoms with Crippen molar-refractivity contribution in [1.29, 1.82) is 0 Å². The number of amides is 1. The Hall–Kier alpha value is -3.98. The Morgan fingerprint density at radius 1 is 1.00 bits per heavy atom. The zero-order chi connectivity index (χ0) is 23.6. The predicted octanol–water partition coefficient (Wildman–Crippen LogP) is 3.62. The number of hydrogen-bond donors (Lipinski definition) is 1. The molecule has 0 saturated carbocycles. The van der Waals surface area contributed by atoms with Crippen LogP contribution in [0.4, 0.5) is 10.1 Å². The number of para-hydroxylation sites is 1. The van der Waals surface area contributed by atoms with E-state index in [1.807, 2.05) is 0 Å². The van der Waals surface area contributed by atoms with E-state index in [-0.39, 0.29) is 16.8 Å². The van der Waals surface area contributed by atoms with E-state index in [0.29, 0.717) is 17.0 Å². The number of sulfone groups is 1. The molecule has 0 radical (unpaired) electrons. The van der Waals surface area contributed by atoms with Crippen LogP contribution in [-0.4, -0.2) is 26.0 Å². The van der Waals surface area contributed by atoms with E-state index >= 15 is 0 Å². The fourth-order valence-corrected chi connectivity index (χ4v) is 4.78. The molecule has 0 aliphatic heterocycles. The number of methoxy groups -OCH3 is 1. The van der Waals surface area contributed by atoms with Gasteiger partial charge < -0.3 is 14.6 Å². The topological polar surface area (TPSA) is 94.5 Å². The molecule has 9 heteroatoms. The van der Waals surface area contributed by atoms with Crippen molar-refractivity contribution < 1.29 is 22.3 Å². The third-order valence-corrected chi connectivity index (χ3v) is 6.82. The van der Waals surface area contributed by atoms with Gasteiger partial charge >= 0.3 is 0 Å². The number of aromatic nitrogens is 1. The predicted molar refractivity (Wildman–Crippen MR) is 122 cm³/mol. The van der Waals surface area contributed by atoms with Crippen molar-refractivity contribution in [1.82, 2.24) is 4.57 Å². The van der Waals surface area contributed by atoms with Crippen LogP contribution >= 0.6 is 0 Å². The molecule has 1 heterocycles. The SMILES string of the molecule is COc1ccc(NC(=O)Cn2cc(S(=O)(=O)c3ccc(F)cc3)c(=O)c3ccccc32)cc1. The van der Waals surface area contributed by atoms with Crippen molar-refractivity contribution in [2.24, 2.45) is 0 Å². The minimum atomic E-state index is -4.25. The second-order valence-electron chi connectivity index (χ2n) is 7.20. The summed E-state index contributed by atoms with van der Waals surface area (Å²) in [4.78, 5) is 25.0. The molecule has 0 atom stereocenters. The Balaban J connectivity index is 1.75. The molecule has 7 nitrogen and oxygen atoms in total. The average molecular weight is 466 g/mol. The number of rotatable bonds is 6. The van der Waals surface area contributed by atoms with Gasteiger partial charge in [0, 0.05) is 17.3 Å². The number of benzene rings is 3. The van der Waals surface area contributed by atoms with Crippen LogP contribution in [0.25, 0.3) is 10.9 Å². The van der Waals surface area contributed by atoms with Gasteiger partial charge in [-0.3, -0.25) is 9.59 Å². The Morgan fingerprint density at radius 3 is 2.33 bits per heavy atom. The summed E-state index contributed by atoms with van der Waals surface area (Å²) in [6, 6.07) is 17.4. The van der Waals surface area contributed by atoms with Crippen LogP contribution in [0, 0.1) is 5.82 Å². The lowest BCUT2D eigenvalue weighted by atomic mass is 10.2. The van der Waals surface area contributed by atoms with E-state index in [4.69, 9.17) is 4.74 Å². The molecule has 4 rings (SSSR count). The van der Waals surface area contributed by atoms with Crippen molar-refractivity contribution in [3.8, 4) is 5.75 Å². The van der Waals surface area contributed by atoms with E-state index in [2.05, 4.69) is 5.32 Å². The van der Waals surface area contributed by atoms with Crippen molar-refractivity contribution in [2.75, 3.05) is 12.4 Å². The summed E-state index contributed by atoms with van der Waals surface area (Å²) in [5, 5.41) is 2.88. The van der Waals surface area contributed by atoms with Crippen LogP contribution in [0.15, 0.2) is 93.6 Å². The van der Waals surface area contributed by atoms with Gasteiger partial charge in [0.05, 0.1) is 17.5 Å². The number of nitrogens with zero attached hydrogens (tertiary/aromatic N) is 1. The maximum atomic E-state index is 13.3. The van der Waals surface area contributed by atoms with Crippen LogP contribution in [0.1, 0.15) is 0 Å². The molecule has 33 heavy (non-hydrogen) atoms. The Morgan fingerprint density at radius 2 is 1.67 bits per heavy atom. The second kappa shape index (κ2) is 8.87. The van der Waals surface area contributed by atoms with E-state index in [9.17, 15) is 22.4 Å². The Labute approximate surface area is 189 Å². The molecule has 1 N–H and O–H groups in total. The van der Waals surface area contributed by atoms with Gasteiger partial charge in [0.2, 0.25) is 21.2 Å². The van der Waals surface area contributed by atoms with Gasteiger partial charge in [-0.1, -0.05) is 12.1 Å². The zero-order valence-corrected chi connectivity index (χ0v) is 18.3. The second-order valence-corrected chi connectivity index (χ2v) is 9.12. The third kappa shape index (κ3) is 4.49. The molecule has 3 aromatic carbocycles. The van der Waals surface area contributed by atoms with E-state index < -0.39 is 31.9 Å². The van der Waals surface area contributed by atoms with Crippen LogP contribution in [0.3, 0.4) is 0 Å². The first-order valence-corrected chi connectivity index (χ1v) is 11.3. The van der Waals surface area contributed by atoms with E-state index in [0.717, 1.165) is 30.5 Å². The lowest BCUT2D eigenvalue weighted by molar-refractivity contribution is -0.116. The Bertz CT molecular complexity index is 1500. The number of carbonyl (C=O) groups excluding carboxylic acids is 1. The number of halogens is 1. The Kier molecular flexibility index (Phi) is 5.97. The van der Waals surface area contributed by atoms with Gasteiger partial charge in [-0.25, -0.2) is 12.8 Å². The fraction of sp³-hybridized carbons (Fsp3) is 0.0833. The molecule has 1 amide bonds. The minimum Gasteiger partial charge on any atom is -0.497 e. The van der Waals surface area contributed by atoms with Crippen molar-refractivity contribution >= 4 is 32.3 Å². The summed E-state index contributed by atoms with van der Waals surface area (Å²) >= 11 is 0. The molecule has 0 fully saturated rings. The molecule has 0 bridgehead atoms. The summed E-state index contributed by atoms with van der Waals surface area (Å²) in [7, 11) is -2.71. The highest BCUT2D eigenvalue weighted by Crippen LogP contribution is 2.22. The van der Waals surface area contributed by atoms with Crippen LogP contribution in [0.5, 0.6) is 5.75 Å². The molecule has 0 spiro atoms. The first kappa shape index (κ1) is 22.2. The average Bonchev–Trinajstić information content (AvgIpc) is 2.81. The highest BCUT2D eigenvalue weighted by molar-refractivity contribution is 7.91. The van der Waals surface area contributed by atoms with Gasteiger partial charge in [-0.2, -0.15) is 0 Å². The van der Waals surface area contributed by atoms with Gasteiger partial charge in [-0.15, -0.1) is 0 Å². The van der Waals surface area contributed by atoms with E-state index in [1.165, 1.54) is 17.7 Å². The lowest BCUT2D eigenvalue weighted by Gasteiger charge is -2.14. The number of nitrogens with one attached hydrogen (secondary N) is 1. The standard InChI is InChI=1S/C24H19FN2O5S/c1-32-18-10-8-17(9-11-18)26-23(28)15-27-14-22(24(29)20-4-2-3-5-21(20)27)33(30,31)19-12-6-16(25)7-13-19/h2-14H,15H2,1H3,(H,26,28). The number of hydrogen-bond acceptors (Lipinski definition) is 5. The number of carbonyl (C=O) groups is 1. The maximum absolute atomic E-state index is 13.3. The smallest absolute Gasteiger partial charge is 0.244 e. The normalized spacial score (nSPS) is 11.3. The first-order valence-electron chi connectivity index (χ1n) is 9.86. The summed E-state index contributed by atoms with van der Waals surface area (Å²) in [6.07, 6.45) is 1.15. The molecule has 168 valence electrons. The maximum Gasteiger partial charge on any atom is 0.244 e. The molecule has 4 aromatic rings. The monoisotopic (exact) mass is 466 g/mol. The van der Waals surface area contributed by atoms with Crippen molar-refractivity contribution in [3.63, 3.8) is 0 Å². The highest BCUT2D eigenvalue weighted by atomic mass is 32.2. The first-order chi connectivity index (χ1) is 15.8. The van der Waals surface area contributed by atoms with Crippen LogP contribution < -0.4 is 15.5 Å². The summed E-state index contributed by atoms with van der Waals surface area (Å²) in [5.41, 5.74) is 0.248. The van der Waals surface area contributed by atoms with Gasteiger partial charge in [0.15, 0.2) is 0 Å². The van der Waals surface area contributed by atoms with E-state index in [1.54, 1.807) is 42.5 Å². The van der Waals surface area contributed by atoms with Crippen LogP contribution in [0.2, 0.25) is 0 Å². The molecule has 0 unspecified atom stereocenters. The minimum absolute atomic E-state index is 0.151. The number of anilines is 1. The molecular weight excluding hydrogens is 447 g/mol. The molecular formula is C24H19FN2O5S. The number of ether oxygens (including phenoxy) is 1. The zero-order valence-electron chi connectivity index (χ0n) is 17.5. The lowest BCUT2D eigenvalue weighted by Crippen LogP contribution is -2.23.